The van der Waals surface area contributed by atoms with Gasteiger partial charge in [-0.05, 0) is 50.9 Å². The predicted molar refractivity (Wildman–Crippen MR) is 72.6 cm³/mol. The normalized spacial score (nSPS) is 25.1. The molecule has 0 saturated carbocycles. The molecular weight excluding hydrogens is 228 g/mol. The maximum Gasteiger partial charge on any atom is 0.303 e. The van der Waals surface area contributed by atoms with E-state index in [2.05, 4.69) is 27.7 Å². The molecule has 0 unspecified atom stereocenters. The summed E-state index contributed by atoms with van der Waals surface area (Å²) in [6.45, 7) is 9.39. The highest BCUT2D eigenvalue weighted by molar-refractivity contribution is 5.67. The summed E-state index contributed by atoms with van der Waals surface area (Å²) in [7, 11) is 0. The molecule has 106 valence electrons. The molecule has 0 spiro atoms. The van der Waals surface area contributed by atoms with Crippen LogP contribution < -0.4 is 0 Å². The van der Waals surface area contributed by atoms with E-state index >= 15 is 0 Å². The Morgan fingerprint density at radius 2 is 2.06 bits per heavy atom. The second-order valence-corrected chi connectivity index (χ2v) is 6.69. The largest absolute Gasteiger partial charge is 0.481 e. The number of carbonyl (C=O) groups is 1. The Morgan fingerprint density at radius 3 is 2.56 bits per heavy atom. The Labute approximate surface area is 111 Å². The van der Waals surface area contributed by atoms with Crippen molar-refractivity contribution >= 4 is 5.97 Å². The van der Waals surface area contributed by atoms with Crippen LogP contribution in [-0.2, 0) is 9.53 Å². The van der Waals surface area contributed by atoms with Gasteiger partial charge in [0, 0.05) is 13.0 Å². The van der Waals surface area contributed by atoms with E-state index in [0.717, 1.165) is 32.3 Å². The van der Waals surface area contributed by atoms with Gasteiger partial charge in [0.15, 0.2) is 0 Å². The van der Waals surface area contributed by atoms with Gasteiger partial charge in [-0.3, -0.25) is 4.79 Å². The minimum Gasteiger partial charge on any atom is -0.481 e. The summed E-state index contributed by atoms with van der Waals surface area (Å²) in [4.78, 5) is 11.0. The predicted octanol–water partition coefficient (Wildman–Crippen LogP) is 3.72. The average Bonchev–Trinajstić information content (AvgIpc) is 2.22. The molecule has 0 bridgehead atoms. The summed E-state index contributed by atoms with van der Waals surface area (Å²) in [5, 5.41) is 9.08. The highest BCUT2D eigenvalue weighted by Gasteiger charge is 2.34. The SMILES string of the molecule is CC(C)CC[C@H](CC(=O)O)[C@H]1CCOC(C)(C)C1. The lowest BCUT2D eigenvalue weighted by molar-refractivity contribution is -0.140. The van der Waals surface area contributed by atoms with E-state index in [1.54, 1.807) is 0 Å². The number of aliphatic carboxylic acids is 1. The second-order valence-electron chi connectivity index (χ2n) is 6.69. The molecule has 0 radical (unpaired) electrons. The Bertz CT molecular complexity index is 271. The van der Waals surface area contributed by atoms with Crippen LogP contribution in [0, 0.1) is 17.8 Å². The standard InChI is InChI=1S/C15H28O3/c1-11(2)5-6-12(9-14(16)17)13-7-8-18-15(3,4)10-13/h11-13H,5-10H2,1-4H3,(H,16,17)/t12-,13+/m1/s1. The van der Waals surface area contributed by atoms with Crippen LogP contribution in [0.4, 0.5) is 0 Å². The summed E-state index contributed by atoms with van der Waals surface area (Å²) < 4.78 is 5.73. The quantitative estimate of drug-likeness (QED) is 0.788. The van der Waals surface area contributed by atoms with Gasteiger partial charge in [-0.25, -0.2) is 0 Å². The average molecular weight is 256 g/mol. The smallest absolute Gasteiger partial charge is 0.303 e. The first-order valence-electron chi connectivity index (χ1n) is 7.16. The maximum atomic E-state index is 11.0. The van der Waals surface area contributed by atoms with E-state index in [4.69, 9.17) is 9.84 Å². The third-order valence-electron chi connectivity index (χ3n) is 3.95. The van der Waals surface area contributed by atoms with Crippen LogP contribution in [-0.4, -0.2) is 23.3 Å². The van der Waals surface area contributed by atoms with Crippen LogP contribution in [0.2, 0.25) is 0 Å². The van der Waals surface area contributed by atoms with Gasteiger partial charge in [-0.15, -0.1) is 0 Å². The molecule has 3 nitrogen and oxygen atoms in total. The highest BCUT2D eigenvalue weighted by atomic mass is 16.5. The minimum atomic E-state index is -0.659. The number of carboxylic acids is 1. The lowest BCUT2D eigenvalue weighted by atomic mass is 9.76. The van der Waals surface area contributed by atoms with Crippen molar-refractivity contribution in [2.45, 2.75) is 65.4 Å². The van der Waals surface area contributed by atoms with Crippen molar-refractivity contribution < 1.29 is 14.6 Å². The molecule has 0 amide bonds. The summed E-state index contributed by atoms with van der Waals surface area (Å²) in [5.41, 5.74) is -0.0858. The van der Waals surface area contributed by atoms with Crippen molar-refractivity contribution in [3.63, 3.8) is 0 Å². The van der Waals surface area contributed by atoms with E-state index in [-0.39, 0.29) is 5.60 Å². The molecule has 2 atom stereocenters. The van der Waals surface area contributed by atoms with Crippen LogP contribution in [0.25, 0.3) is 0 Å². The van der Waals surface area contributed by atoms with E-state index in [1.165, 1.54) is 0 Å². The van der Waals surface area contributed by atoms with Gasteiger partial charge in [0.1, 0.15) is 0 Å². The van der Waals surface area contributed by atoms with E-state index in [0.29, 0.717) is 24.2 Å². The molecule has 1 heterocycles. The van der Waals surface area contributed by atoms with Crippen molar-refractivity contribution in [3.8, 4) is 0 Å². The molecule has 18 heavy (non-hydrogen) atoms. The first-order valence-corrected chi connectivity index (χ1v) is 7.16. The van der Waals surface area contributed by atoms with Crippen molar-refractivity contribution in [3.05, 3.63) is 0 Å². The Kier molecular flexibility index (Phi) is 5.64. The lowest BCUT2D eigenvalue weighted by Crippen LogP contribution is -2.37. The van der Waals surface area contributed by atoms with E-state index in [9.17, 15) is 4.79 Å². The topological polar surface area (TPSA) is 46.5 Å². The third kappa shape index (κ3) is 5.38. The zero-order valence-electron chi connectivity index (χ0n) is 12.2. The molecule has 0 aliphatic carbocycles. The maximum absolute atomic E-state index is 11.0. The summed E-state index contributed by atoms with van der Waals surface area (Å²) in [6.07, 6.45) is 4.47. The molecule has 0 aromatic heterocycles. The number of hydrogen-bond acceptors (Lipinski definition) is 2. The van der Waals surface area contributed by atoms with Crippen molar-refractivity contribution in [2.75, 3.05) is 6.61 Å². The number of carboxylic acid groups (broad SMARTS) is 1. The first-order chi connectivity index (χ1) is 8.30. The molecule has 0 aromatic rings. The van der Waals surface area contributed by atoms with Gasteiger partial charge >= 0.3 is 5.97 Å². The molecule has 1 N–H and O–H groups in total. The summed E-state index contributed by atoms with van der Waals surface area (Å²) >= 11 is 0. The highest BCUT2D eigenvalue weighted by Crippen LogP contribution is 2.37. The van der Waals surface area contributed by atoms with Crippen LogP contribution in [0.5, 0.6) is 0 Å². The van der Waals surface area contributed by atoms with E-state index in [1.807, 2.05) is 0 Å². The minimum absolute atomic E-state index is 0.0858. The van der Waals surface area contributed by atoms with Gasteiger partial charge < -0.3 is 9.84 Å². The fourth-order valence-corrected chi connectivity index (χ4v) is 2.96. The molecule has 1 saturated heterocycles. The fourth-order valence-electron chi connectivity index (χ4n) is 2.96. The Hall–Kier alpha value is -0.570. The molecule has 1 aliphatic heterocycles. The summed E-state index contributed by atoms with van der Waals surface area (Å²) in [5.74, 6) is 0.805. The molecular formula is C15H28O3. The van der Waals surface area contributed by atoms with Crippen LogP contribution in [0.15, 0.2) is 0 Å². The molecule has 1 aliphatic rings. The zero-order valence-corrected chi connectivity index (χ0v) is 12.2. The Balaban J connectivity index is 2.60. The molecule has 1 fully saturated rings. The molecule has 3 heteroatoms. The first kappa shape index (κ1) is 15.5. The van der Waals surface area contributed by atoms with E-state index < -0.39 is 5.97 Å². The van der Waals surface area contributed by atoms with Crippen molar-refractivity contribution in [2.24, 2.45) is 17.8 Å². The number of hydrogen-bond donors (Lipinski definition) is 1. The lowest BCUT2D eigenvalue weighted by Gasteiger charge is -2.39. The summed E-state index contributed by atoms with van der Waals surface area (Å²) in [6, 6.07) is 0. The monoisotopic (exact) mass is 256 g/mol. The molecule has 0 aromatic carbocycles. The van der Waals surface area contributed by atoms with Crippen molar-refractivity contribution in [1.29, 1.82) is 0 Å². The fraction of sp³-hybridized carbons (Fsp3) is 0.933. The zero-order chi connectivity index (χ0) is 13.8. The number of rotatable bonds is 6. The second kappa shape index (κ2) is 6.55. The van der Waals surface area contributed by atoms with Gasteiger partial charge in [-0.1, -0.05) is 20.3 Å². The van der Waals surface area contributed by atoms with Crippen LogP contribution in [0.1, 0.15) is 59.8 Å². The van der Waals surface area contributed by atoms with Crippen LogP contribution in [0.3, 0.4) is 0 Å². The molecule has 1 rings (SSSR count). The van der Waals surface area contributed by atoms with Gasteiger partial charge in [0.2, 0.25) is 0 Å². The van der Waals surface area contributed by atoms with Gasteiger partial charge in [0.05, 0.1) is 5.60 Å². The van der Waals surface area contributed by atoms with Crippen molar-refractivity contribution in [1.82, 2.24) is 0 Å². The van der Waals surface area contributed by atoms with Gasteiger partial charge in [0.25, 0.3) is 0 Å². The van der Waals surface area contributed by atoms with Crippen LogP contribution >= 0.6 is 0 Å². The Morgan fingerprint density at radius 1 is 1.39 bits per heavy atom. The number of ether oxygens (including phenoxy) is 1. The van der Waals surface area contributed by atoms with Gasteiger partial charge in [-0.2, -0.15) is 0 Å². The third-order valence-corrected chi connectivity index (χ3v) is 3.95.